The molecule has 1 atom stereocenters. The molecule has 0 bridgehead atoms. The molecule has 1 aliphatic heterocycles. The van der Waals surface area contributed by atoms with E-state index in [-0.39, 0.29) is 0 Å². The molecule has 0 radical (unpaired) electrons. The van der Waals surface area contributed by atoms with Gasteiger partial charge in [0.15, 0.2) is 11.5 Å². The molecular weight excluding hydrogens is 308 g/mol. The van der Waals surface area contributed by atoms with Crippen LogP contribution < -0.4 is 14.2 Å². The Morgan fingerprint density at radius 1 is 1.21 bits per heavy atom. The molecule has 1 N–H and O–H groups in total. The number of methoxy groups -OCH3 is 2. The highest BCUT2D eigenvalue weighted by Gasteiger charge is 2.33. The van der Waals surface area contributed by atoms with E-state index in [0.717, 1.165) is 25.9 Å². The lowest BCUT2D eigenvalue weighted by Crippen LogP contribution is -2.53. The standard InChI is InChI=1S/C18H30N2O4/c1-19(2)13-18(21)9-6-10-20(14-18)11-12-24-17-15(22-3)7-5-8-16(17)23-4/h5,7-8,21H,6,9-14H2,1-4H3/t18-/m1/s1. The number of rotatable bonds is 8. The zero-order chi connectivity index (χ0) is 17.6. The Labute approximate surface area is 144 Å². The first-order valence-corrected chi connectivity index (χ1v) is 8.41. The molecule has 6 heteroatoms. The fourth-order valence-corrected chi connectivity index (χ4v) is 3.35. The van der Waals surface area contributed by atoms with Gasteiger partial charge in [0.05, 0.1) is 19.8 Å². The molecule has 0 aromatic heterocycles. The van der Waals surface area contributed by atoms with E-state index >= 15 is 0 Å². The van der Waals surface area contributed by atoms with Crippen LogP contribution in [0.15, 0.2) is 18.2 Å². The second kappa shape index (κ2) is 8.55. The summed E-state index contributed by atoms with van der Waals surface area (Å²) < 4.78 is 16.6. The Morgan fingerprint density at radius 2 is 1.88 bits per heavy atom. The minimum atomic E-state index is -0.635. The number of para-hydroxylation sites is 1. The van der Waals surface area contributed by atoms with Crippen molar-refractivity contribution >= 4 is 0 Å². The summed E-state index contributed by atoms with van der Waals surface area (Å²) in [7, 11) is 7.23. The van der Waals surface area contributed by atoms with Crippen molar-refractivity contribution in [3.8, 4) is 17.2 Å². The highest BCUT2D eigenvalue weighted by atomic mass is 16.5. The first kappa shape index (κ1) is 18.8. The summed E-state index contributed by atoms with van der Waals surface area (Å²) in [5.41, 5.74) is -0.635. The molecular formula is C18H30N2O4. The predicted octanol–water partition coefficient (Wildman–Crippen LogP) is 1.47. The average Bonchev–Trinajstić information content (AvgIpc) is 2.53. The van der Waals surface area contributed by atoms with Gasteiger partial charge in [0, 0.05) is 19.6 Å². The molecule has 0 unspecified atom stereocenters. The highest BCUT2D eigenvalue weighted by Crippen LogP contribution is 2.36. The third kappa shape index (κ3) is 5.00. The van der Waals surface area contributed by atoms with Crippen molar-refractivity contribution in [2.75, 3.05) is 61.1 Å². The van der Waals surface area contributed by atoms with Crippen molar-refractivity contribution in [2.24, 2.45) is 0 Å². The van der Waals surface area contributed by atoms with E-state index in [4.69, 9.17) is 14.2 Å². The summed E-state index contributed by atoms with van der Waals surface area (Å²) in [5, 5.41) is 10.7. The summed E-state index contributed by atoms with van der Waals surface area (Å²) >= 11 is 0. The minimum absolute atomic E-state index is 0.523. The zero-order valence-electron chi connectivity index (χ0n) is 15.2. The van der Waals surface area contributed by atoms with E-state index in [0.29, 0.717) is 36.9 Å². The lowest BCUT2D eigenvalue weighted by atomic mass is 9.92. The first-order valence-electron chi connectivity index (χ1n) is 8.41. The molecule has 0 saturated carbocycles. The number of β-amino-alcohol motifs (C(OH)–C–C–N with tert-alkyl or cyclic N) is 1. The third-order valence-electron chi connectivity index (χ3n) is 4.28. The molecule has 1 aromatic carbocycles. The number of hydrogen-bond acceptors (Lipinski definition) is 6. The van der Waals surface area contributed by atoms with Crippen molar-refractivity contribution in [1.29, 1.82) is 0 Å². The van der Waals surface area contributed by atoms with Crippen LogP contribution in [0.25, 0.3) is 0 Å². The van der Waals surface area contributed by atoms with Crippen LogP contribution in [-0.4, -0.2) is 81.6 Å². The van der Waals surface area contributed by atoms with E-state index in [1.54, 1.807) is 14.2 Å². The first-order chi connectivity index (χ1) is 11.5. The van der Waals surface area contributed by atoms with Gasteiger partial charge < -0.3 is 24.2 Å². The lowest BCUT2D eigenvalue weighted by molar-refractivity contribution is -0.0478. The quantitative estimate of drug-likeness (QED) is 0.775. The van der Waals surface area contributed by atoms with Gasteiger partial charge in [-0.1, -0.05) is 6.07 Å². The van der Waals surface area contributed by atoms with Crippen LogP contribution >= 0.6 is 0 Å². The molecule has 1 aliphatic rings. The maximum absolute atomic E-state index is 10.7. The van der Waals surface area contributed by atoms with Crippen molar-refractivity contribution in [3.05, 3.63) is 18.2 Å². The van der Waals surface area contributed by atoms with Gasteiger partial charge in [-0.2, -0.15) is 0 Å². The number of likely N-dealkylation sites (N-methyl/N-ethyl adjacent to an activating group) is 1. The Morgan fingerprint density at radius 3 is 2.46 bits per heavy atom. The molecule has 2 rings (SSSR count). The van der Waals surface area contributed by atoms with Crippen LogP contribution in [0.2, 0.25) is 0 Å². The zero-order valence-corrected chi connectivity index (χ0v) is 15.2. The van der Waals surface area contributed by atoms with Crippen molar-refractivity contribution in [3.63, 3.8) is 0 Å². The second-order valence-corrected chi connectivity index (χ2v) is 6.68. The van der Waals surface area contributed by atoms with E-state index < -0.39 is 5.60 Å². The lowest BCUT2D eigenvalue weighted by Gasteiger charge is -2.40. The summed E-state index contributed by atoms with van der Waals surface area (Å²) in [6, 6.07) is 5.58. The van der Waals surface area contributed by atoms with Gasteiger partial charge in [0.2, 0.25) is 5.75 Å². The molecule has 136 valence electrons. The molecule has 1 aromatic rings. The molecule has 1 saturated heterocycles. The topological polar surface area (TPSA) is 54.4 Å². The number of benzene rings is 1. The van der Waals surface area contributed by atoms with Crippen LogP contribution in [0.1, 0.15) is 12.8 Å². The number of piperidine rings is 1. The van der Waals surface area contributed by atoms with E-state index in [2.05, 4.69) is 4.90 Å². The van der Waals surface area contributed by atoms with Crippen LogP contribution in [0.4, 0.5) is 0 Å². The SMILES string of the molecule is COc1cccc(OC)c1OCCN1CCC[C@@](O)(CN(C)C)C1. The van der Waals surface area contributed by atoms with Crippen molar-refractivity contribution in [1.82, 2.24) is 9.80 Å². The second-order valence-electron chi connectivity index (χ2n) is 6.68. The molecule has 0 aliphatic carbocycles. The van der Waals surface area contributed by atoms with Gasteiger partial charge in [0.25, 0.3) is 0 Å². The van der Waals surface area contributed by atoms with Crippen LogP contribution in [0, 0.1) is 0 Å². The smallest absolute Gasteiger partial charge is 0.203 e. The van der Waals surface area contributed by atoms with E-state index in [1.165, 1.54) is 0 Å². The summed E-state index contributed by atoms with van der Waals surface area (Å²) in [6.07, 6.45) is 1.85. The Kier molecular flexibility index (Phi) is 6.71. The molecule has 0 spiro atoms. The van der Waals surface area contributed by atoms with Gasteiger partial charge in [-0.3, -0.25) is 4.90 Å². The molecule has 24 heavy (non-hydrogen) atoms. The minimum Gasteiger partial charge on any atom is -0.493 e. The molecule has 1 fully saturated rings. The Bertz CT molecular complexity index is 501. The van der Waals surface area contributed by atoms with Crippen LogP contribution in [-0.2, 0) is 0 Å². The van der Waals surface area contributed by atoms with Gasteiger partial charge >= 0.3 is 0 Å². The van der Waals surface area contributed by atoms with Crippen LogP contribution in [0.5, 0.6) is 17.2 Å². The maximum Gasteiger partial charge on any atom is 0.203 e. The Hall–Kier alpha value is -1.50. The molecule has 0 amide bonds. The van der Waals surface area contributed by atoms with Gasteiger partial charge in [0.1, 0.15) is 6.61 Å². The predicted molar refractivity (Wildman–Crippen MR) is 94.2 cm³/mol. The van der Waals surface area contributed by atoms with Crippen LogP contribution in [0.3, 0.4) is 0 Å². The van der Waals surface area contributed by atoms with Gasteiger partial charge in [-0.15, -0.1) is 0 Å². The average molecular weight is 338 g/mol. The number of ether oxygens (including phenoxy) is 3. The van der Waals surface area contributed by atoms with Gasteiger partial charge in [-0.05, 0) is 45.6 Å². The summed E-state index contributed by atoms with van der Waals surface area (Å²) in [6.45, 7) is 3.64. The normalized spacial score (nSPS) is 21.8. The highest BCUT2D eigenvalue weighted by molar-refractivity contribution is 5.51. The Balaban J connectivity index is 1.90. The molecule has 1 heterocycles. The fraction of sp³-hybridized carbons (Fsp3) is 0.667. The van der Waals surface area contributed by atoms with Crippen molar-refractivity contribution < 1.29 is 19.3 Å². The third-order valence-corrected chi connectivity index (χ3v) is 4.28. The van der Waals surface area contributed by atoms with Crippen molar-refractivity contribution in [2.45, 2.75) is 18.4 Å². The maximum atomic E-state index is 10.7. The van der Waals surface area contributed by atoms with E-state index in [9.17, 15) is 5.11 Å². The number of aliphatic hydroxyl groups is 1. The fourth-order valence-electron chi connectivity index (χ4n) is 3.35. The summed E-state index contributed by atoms with van der Waals surface area (Å²) in [5.74, 6) is 1.96. The largest absolute Gasteiger partial charge is 0.493 e. The molecule has 6 nitrogen and oxygen atoms in total. The monoisotopic (exact) mass is 338 g/mol. The summed E-state index contributed by atoms with van der Waals surface area (Å²) in [4.78, 5) is 4.30. The number of nitrogens with zero attached hydrogens (tertiary/aromatic N) is 2. The van der Waals surface area contributed by atoms with Gasteiger partial charge in [-0.25, -0.2) is 0 Å². The number of hydrogen-bond donors (Lipinski definition) is 1. The van der Waals surface area contributed by atoms with E-state index in [1.807, 2.05) is 37.2 Å². The number of likely N-dealkylation sites (tertiary alicyclic amines) is 1.